The standard InChI is InChI=1S/C12H13N3OS/c1-15(12(16)11-7-17-8-14-11)10-4-2-9(6-13)3-5-10/h2-5,11,14H,7-8H2,1H3. The first kappa shape index (κ1) is 12.0. The van der Waals surface area contributed by atoms with E-state index in [2.05, 4.69) is 11.4 Å². The summed E-state index contributed by atoms with van der Waals surface area (Å²) in [6.45, 7) is 0. The Labute approximate surface area is 105 Å². The lowest BCUT2D eigenvalue weighted by atomic mass is 10.2. The number of benzene rings is 1. The van der Waals surface area contributed by atoms with Crippen LogP contribution in [0.5, 0.6) is 0 Å². The lowest BCUT2D eigenvalue weighted by Crippen LogP contribution is -2.43. The number of likely N-dealkylation sites (N-methyl/N-ethyl adjacent to an activating group) is 1. The molecule has 1 N–H and O–H groups in total. The van der Waals surface area contributed by atoms with Gasteiger partial charge < -0.3 is 4.90 Å². The fraction of sp³-hybridized carbons (Fsp3) is 0.333. The van der Waals surface area contributed by atoms with Crippen molar-refractivity contribution in [3.63, 3.8) is 0 Å². The van der Waals surface area contributed by atoms with Crippen LogP contribution in [0.15, 0.2) is 24.3 Å². The molecule has 1 aliphatic rings. The zero-order valence-electron chi connectivity index (χ0n) is 9.51. The highest BCUT2D eigenvalue weighted by Crippen LogP contribution is 2.17. The molecule has 1 amide bonds. The molecule has 0 radical (unpaired) electrons. The van der Waals surface area contributed by atoms with Gasteiger partial charge in [-0.25, -0.2) is 0 Å². The number of carbonyl (C=O) groups excluding carboxylic acids is 1. The number of carbonyl (C=O) groups is 1. The molecule has 1 saturated heterocycles. The van der Waals surface area contributed by atoms with Gasteiger partial charge in [-0.15, -0.1) is 11.8 Å². The minimum atomic E-state index is -0.0966. The van der Waals surface area contributed by atoms with E-state index in [4.69, 9.17) is 5.26 Å². The average Bonchev–Trinajstić information content (AvgIpc) is 2.91. The normalized spacial score (nSPS) is 18.7. The molecule has 0 saturated carbocycles. The van der Waals surface area contributed by atoms with E-state index in [0.29, 0.717) is 5.56 Å². The summed E-state index contributed by atoms with van der Waals surface area (Å²) in [7, 11) is 1.76. The zero-order valence-corrected chi connectivity index (χ0v) is 10.3. The van der Waals surface area contributed by atoms with E-state index in [0.717, 1.165) is 17.3 Å². The predicted molar refractivity (Wildman–Crippen MR) is 68.8 cm³/mol. The second-order valence-corrected chi connectivity index (χ2v) is 4.86. The molecular weight excluding hydrogens is 234 g/mol. The summed E-state index contributed by atoms with van der Waals surface area (Å²) in [6, 6.07) is 8.98. The number of anilines is 1. The van der Waals surface area contributed by atoms with E-state index in [1.54, 1.807) is 48.0 Å². The monoisotopic (exact) mass is 247 g/mol. The number of hydrogen-bond donors (Lipinski definition) is 1. The summed E-state index contributed by atoms with van der Waals surface area (Å²) in [4.78, 5) is 13.7. The molecular formula is C12H13N3OS. The molecule has 4 nitrogen and oxygen atoms in total. The Kier molecular flexibility index (Phi) is 3.67. The molecule has 5 heteroatoms. The summed E-state index contributed by atoms with van der Waals surface area (Å²) in [5.41, 5.74) is 1.41. The molecule has 2 rings (SSSR count). The van der Waals surface area contributed by atoms with Crippen molar-refractivity contribution in [1.29, 1.82) is 5.26 Å². The van der Waals surface area contributed by atoms with Gasteiger partial charge in [0.05, 0.1) is 17.7 Å². The van der Waals surface area contributed by atoms with Crippen LogP contribution in [0.1, 0.15) is 5.56 Å². The van der Waals surface area contributed by atoms with Gasteiger partial charge in [-0.2, -0.15) is 5.26 Å². The molecule has 0 aliphatic carbocycles. The third kappa shape index (κ3) is 2.60. The van der Waals surface area contributed by atoms with E-state index in [-0.39, 0.29) is 11.9 Å². The van der Waals surface area contributed by atoms with Crippen LogP contribution in [0.4, 0.5) is 5.69 Å². The molecule has 1 aromatic rings. The molecule has 1 fully saturated rings. The molecule has 0 spiro atoms. The fourth-order valence-electron chi connectivity index (χ4n) is 1.67. The van der Waals surface area contributed by atoms with Crippen LogP contribution in [0.25, 0.3) is 0 Å². The van der Waals surface area contributed by atoms with Crippen LogP contribution in [0.2, 0.25) is 0 Å². The summed E-state index contributed by atoms with van der Waals surface area (Å²) in [5.74, 6) is 1.72. The third-order valence-corrected chi connectivity index (χ3v) is 3.67. The lowest BCUT2D eigenvalue weighted by Gasteiger charge is -2.20. The SMILES string of the molecule is CN(C(=O)C1CSCN1)c1ccc(C#N)cc1. The van der Waals surface area contributed by atoms with Gasteiger partial charge in [0.15, 0.2) is 0 Å². The van der Waals surface area contributed by atoms with Gasteiger partial charge in [0, 0.05) is 24.4 Å². The largest absolute Gasteiger partial charge is 0.314 e. The van der Waals surface area contributed by atoms with Crippen molar-refractivity contribution in [3.05, 3.63) is 29.8 Å². The van der Waals surface area contributed by atoms with Crippen LogP contribution in [0, 0.1) is 11.3 Å². The highest BCUT2D eigenvalue weighted by Gasteiger charge is 2.25. The van der Waals surface area contributed by atoms with Crippen LogP contribution < -0.4 is 10.2 Å². The molecule has 0 bridgehead atoms. The summed E-state index contributed by atoms with van der Waals surface area (Å²) >= 11 is 1.73. The van der Waals surface area contributed by atoms with Gasteiger partial charge in [-0.05, 0) is 24.3 Å². The molecule has 17 heavy (non-hydrogen) atoms. The van der Waals surface area contributed by atoms with Crippen molar-refractivity contribution in [2.45, 2.75) is 6.04 Å². The number of hydrogen-bond acceptors (Lipinski definition) is 4. The van der Waals surface area contributed by atoms with E-state index < -0.39 is 0 Å². The molecule has 1 aliphatic heterocycles. The van der Waals surface area contributed by atoms with Crippen LogP contribution in [-0.2, 0) is 4.79 Å². The first-order valence-electron chi connectivity index (χ1n) is 5.31. The van der Waals surface area contributed by atoms with Gasteiger partial charge in [0.1, 0.15) is 0 Å². The van der Waals surface area contributed by atoms with Gasteiger partial charge in [-0.1, -0.05) is 0 Å². The number of amides is 1. The summed E-state index contributed by atoms with van der Waals surface area (Å²) in [6.07, 6.45) is 0. The van der Waals surface area contributed by atoms with Crippen molar-refractivity contribution in [2.75, 3.05) is 23.6 Å². The number of rotatable bonds is 2. The maximum atomic E-state index is 12.1. The smallest absolute Gasteiger partial charge is 0.244 e. The van der Waals surface area contributed by atoms with Gasteiger partial charge in [-0.3, -0.25) is 10.1 Å². The van der Waals surface area contributed by atoms with E-state index >= 15 is 0 Å². The van der Waals surface area contributed by atoms with Crippen LogP contribution >= 0.6 is 11.8 Å². The quantitative estimate of drug-likeness (QED) is 0.852. The van der Waals surface area contributed by atoms with Crippen molar-refractivity contribution in [2.24, 2.45) is 0 Å². The number of thioether (sulfide) groups is 1. The molecule has 1 heterocycles. The first-order chi connectivity index (χ1) is 8.22. The number of nitrogens with one attached hydrogen (secondary N) is 1. The van der Waals surface area contributed by atoms with E-state index in [9.17, 15) is 4.79 Å². The molecule has 1 atom stereocenters. The highest BCUT2D eigenvalue weighted by atomic mass is 32.2. The Hall–Kier alpha value is -1.51. The predicted octanol–water partition coefficient (Wildman–Crippen LogP) is 1.18. The first-order valence-corrected chi connectivity index (χ1v) is 6.46. The zero-order chi connectivity index (χ0) is 12.3. The Morgan fingerprint density at radius 2 is 2.24 bits per heavy atom. The van der Waals surface area contributed by atoms with Gasteiger partial charge >= 0.3 is 0 Å². The average molecular weight is 247 g/mol. The van der Waals surface area contributed by atoms with Crippen LogP contribution in [0.3, 0.4) is 0 Å². The highest BCUT2D eigenvalue weighted by molar-refractivity contribution is 7.99. The maximum Gasteiger partial charge on any atom is 0.244 e. The third-order valence-electron chi connectivity index (χ3n) is 2.73. The molecule has 1 aromatic carbocycles. The minimum Gasteiger partial charge on any atom is -0.314 e. The molecule has 1 unspecified atom stereocenters. The van der Waals surface area contributed by atoms with Gasteiger partial charge in [0.25, 0.3) is 0 Å². The van der Waals surface area contributed by atoms with Crippen molar-refractivity contribution >= 4 is 23.4 Å². The van der Waals surface area contributed by atoms with Crippen molar-refractivity contribution in [1.82, 2.24) is 5.32 Å². The maximum absolute atomic E-state index is 12.1. The Balaban J connectivity index is 2.10. The number of nitrogens with zero attached hydrogens (tertiary/aromatic N) is 2. The second-order valence-electron chi connectivity index (χ2n) is 3.83. The molecule has 88 valence electrons. The fourth-order valence-corrected chi connectivity index (χ4v) is 2.61. The van der Waals surface area contributed by atoms with Crippen LogP contribution in [-0.4, -0.2) is 30.6 Å². The Morgan fingerprint density at radius 1 is 1.53 bits per heavy atom. The number of nitriles is 1. The van der Waals surface area contributed by atoms with Crippen molar-refractivity contribution in [3.8, 4) is 6.07 Å². The van der Waals surface area contributed by atoms with E-state index in [1.165, 1.54) is 0 Å². The topological polar surface area (TPSA) is 56.1 Å². The lowest BCUT2D eigenvalue weighted by molar-refractivity contribution is -0.119. The van der Waals surface area contributed by atoms with E-state index in [1.807, 2.05) is 0 Å². The summed E-state index contributed by atoms with van der Waals surface area (Å²) in [5, 5.41) is 11.9. The minimum absolute atomic E-state index is 0.0692. The Morgan fingerprint density at radius 3 is 2.76 bits per heavy atom. The van der Waals surface area contributed by atoms with Crippen molar-refractivity contribution < 1.29 is 4.79 Å². The molecule has 0 aromatic heterocycles. The Bertz CT molecular complexity index is 446. The summed E-state index contributed by atoms with van der Waals surface area (Å²) < 4.78 is 0. The second kappa shape index (κ2) is 5.21. The van der Waals surface area contributed by atoms with Gasteiger partial charge in [0.2, 0.25) is 5.91 Å².